The van der Waals surface area contributed by atoms with Gasteiger partial charge in [0.25, 0.3) is 0 Å². The molecule has 0 amide bonds. The molecular formula is C17H29N5O2. The van der Waals surface area contributed by atoms with Crippen LogP contribution in [0.4, 0.5) is 11.8 Å². The minimum Gasteiger partial charge on any atom is -0.388 e. The van der Waals surface area contributed by atoms with Gasteiger partial charge in [-0.25, -0.2) is 4.98 Å². The monoisotopic (exact) mass is 335 g/mol. The summed E-state index contributed by atoms with van der Waals surface area (Å²) in [5.41, 5.74) is 0.404. The van der Waals surface area contributed by atoms with Crippen LogP contribution >= 0.6 is 0 Å². The van der Waals surface area contributed by atoms with Gasteiger partial charge in [-0.05, 0) is 6.92 Å². The third kappa shape index (κ3) is 4.15. The predicted molar refractivity (Wildman–Crippen MR) is 94.8 cm³/mol. The van der Waals surface area contributed by atoms with Crippen LogP contribution in [-0.4, -0.2) is 85.6 Å². The van der Waals surface area contributed by atoms with Crippen molar-refractivity contribution in [1.29, 1.82) is 0 Å². The van der Waals surface area contributed by atoms with Crippen LogP contribution in [0.25, 0.3) is 0 Å². The summed E-state index contributed by atoms with van der Waals surface area (Å²) in [6.45, 7) is 7.72. The lowest BCUT2D eigenvalue weighted by atomic mass is 9.93. The molecule has 7 heteroatoms. The molecule has 2 aliphatic heterocycles. The van der Waals surface area contributed by atoms with E-state index in [1.807, 2.05) is 32.0 Å². The van der Waals surface area contributed by atoms with E-state index in [0.717, 1.165) is 63.0 Å². The molecule has 0 aliphatic carbocycles. The average Bonchev–Trinajstić information content (AvgIpc) is 2.55. The number of hydrogen-bond acceptors (Lipinski definition) is 7. The second kappa shape index (κ2) is 7.21. The highest BCUT2D eigenvalue weighted by atomic mass is 16.5. The molecule has 0 radical (unpaired) electrons. The predicted octanol–water partition coefficient (Wildman–Crippen LogP) is 0.515. The van der Waals surface area contributed by atoms with E-state index < -0.39 is 5.60 Å². The second-order valence-electron chi connectivity index (χ2n) is 7.16. The molecule has 2 fully saturated rings. The number of β-amino-alcohol motifs (C(OH)–C–C–N with tert-alkyl or cyclic N) is 1. The standard InChI is InChI=1S/C17H29N5O2/c1-14-12-15(20(2)3)19-16(18-14)22-8-6-21(7-9-22)13-17(23)4-10-24-11-5-17/h12,23H,4-11,13H2,1-3H3. The number of ether oxygens (including phenoxy) is 1. The first kappa shape index (κ1) is 17.4. The number of piperazine rings is 1. The Hall–Kier alpha value is -1.44. The van der Waals surface area contributed by atoms with Crippen molar-refractivity contribution in [3.05, 3.63) is 11.8 Å². The van der Waals surface area contributed by atoms with E-state index in [9.17, 15) is 5.11 Å². The van der Waals surface area contributed by atoms with E-state index in [0.29, 0.717) is 13.2 Å². The molecule has 1 N–H and O–H groups in total. The van der Waals surface area contributed by atoms with Gasteiger partial charge in [-0.1, -0.05) is 0 Å². The van der Waals surface area contributed by atoms with Gasteiger partial charge < -0.3 is 19.6 Å². The number of hydrogen-bond donors (Lipinski definition) is 1. The van der Waals surface area contributed by atoms with E-state index in [1.54, 1.807) is 0 Å². The fraction of sp³-hybridized carbons (Fsp3) is 0.765. The summed E-state index contributed by atoms with van der Waals surface area (Å²) in [5, 5.41) is 10.7. The van der Waals surface area contributed by atoms with Gasteiger partial charge in [0.2, 0.25) is 5.95 Å². The molecule has 1 aromatic heterocycles. The molecule has 2 aliphatic rings. The lowest BCUT2D eigenvalue weighted by molar-refractivity contribution is -0.0802. The minimum absolute atomic E-state index is 0.585. The normalized spacial score (nSPS) is 21.8. The van der Waals surface area contributed by atoms with Crippen LogP contribution in [0.5, 0.6) is 0 Å². The van der Waals surface area contributed by atoms with Gasteiger partial charge in [-0.2, -0.15) is 4.98 Å². The van der Waals surface area contributed by atoms with E-state index in [-0.39, 0.29) is 0 Å². The van der Waals surface area contributed by atoms with Gasteiger partial charge in [0.15, 0.2) is 0 Å². The SMILES string of the molecule is Cc1cc(N(C)C)nc(N2CCN(CC3(O)CCOCC3)CC2)n1. The molecule has 0 spiro atoms. The Morgan fingerprint density at radius 1 is 1.17 bits per heavy atom. The molecule has 1 aromatic rings. The summed E-state index contributed by atoms with van der Waals surface area (Å²) in [7, 11) is 4.00. The van der Waals surface area contributed by atoms with Crippen LogP contribution in [0.15, 0.2) is 6.07 Å². The van der Waals surface area contributed by atoms with Crippen molar-refractivity contribution < 1.29 is 9.84 Å². The largest absolute Gasteiger partial charge is 0.388 e. The van der Waals surface area contributed by atoms with Crippen LogP contribution in [-0.2, 0) is 4.74 Å². The number of anilines is 2. The van der Waals surface area contributed by atoms with E-state index >= 15 is 0 Å². The van der Waals surface area contributed by atoms with Crippen LogP contribution in [0, 0.1) is 6.92 Å². The smallest absolute Gasteiger partial charge is 0.227 e. The van der Waals surface area contributed by atoms with Crippen molar-refractivity contribution >= 4 is 11.8 Å². The Balaban J connectivity index is 1.59. The van der Waals surface area contributed by atoms with Crippen molar-refractivity contribution in [3.8, 4) is 0 Å². The Kier molecular flexibility index (Phi) is 5.22. The van der Waals surface area contributed by atoms with Gasteiger partial charge in [-0.3, -0.25) is 4.90 Å². The Morgan fingerprint density at radius 2 is 1.83 bits per heavy atom. The van der Waals surface area contributed by atoms with E-state index in [4.69, 9.17) is 4.74 Å². The molecule has 7 nitrogen and oxygen atoms in total. The highest BCUT2D eigenvalue weighted by Crippen LogP contribution is 2.23. The lowest BCUT2D eigenvalue weighted by Crippen LogP contribution is -2.53. The maximum absolute atomic E-state index is 10.7. The van der Waals surface area contributed by atoms with Crippen molar-refractivity contribution in [2.24, 2.45) is 0 Å². The Bertz CT molecular complexity index is 552. The molecular weight excluding hydrogens is 306 g/mol. The third-order valence-electron chi connectivity index (χ3n) is 4.88. The summed E-state index contributed by atoms with van der Waals surface area (Å²) in [6, 6.07) is 2.00. The molecule has 3 rings (SSSR count). The molecule has 0 aromatic carbocycles. The summed E-state index contributed by atoms with van der Waals surface area (Å²) >= 11 is 0. The maximum atomic E-state index is 10.7. The number of aryl methyl sites for hydroxylation is 1. The topological polar surface area (TPSA) is 65.0 Å². The van der Waals surface area contributed by atoms with Gasteiger partial charge >= 0.3 is 0 Å². The second-order valence-corrected chi connectivity index (χ2v) is 7.16. The number of aromatic nitrogens is 2. The lowest BCUT2D eigenvalue weighted by Gasteiger charge is -2.41. The van der Waals surface area contributed by atoms with Crippen LogP contribution in [0.3, 0.4) is 0 Å². The summed E-state index contributed by atoms with van der Waals surface area (Å²) in [4.78, 5) is 15.9. The Morgan fingerprint density at radius 3 is 2.46 bits per heavy atom. The summed E-state index contributed by atoms with van der Waals surface area (Å²) in [5.74, 6) is 1.75. The summed E-state index contributed by atoms with van der Waals surface area (Å²) < 4.78 is 5.36. The molecule has 0 bridgehead atoms. The average molecular weight is 335 g/mol. The molecule has 2 saturated heterocycles. The van der Waals surface area contributed by atoms with Gasteiger partial charge in [0.05, 0.1) is 5.60 Å². The minimum atomic E-state index is -0.585. The fourth-order valence-corrected chi connectivity index (χ4v) is 3.34. The van der Waals surface area contributed by atoms with Gasteiger partial charge in [-0.15, -0.1) is 0 Å². The zero-order valence-electron chi connectivity index (χ0n) is 15.0. The zero-order chi connectivity index (χ0) is 17.2. The third-order valence-corrected chi connectivity index (χ3v) is 4.88. The molecule has 24 heavy (non-hydrogen) atoms. The maximum Gasteiger partial charge on any atom is 0.227 e. The van der Waals surface area contributed by atoms with Crippen molar-refractivity contribution in [3.63, 3.8) is 0 Å². The van der Waals surface area contributed by atoms with Gasteiger partial charge in [0.1, 0.15) is 5.82 Å². The van der Waals surface area contributed by atoms with Gasteiger partial charge in [0, 0.05) is 84.6 Å². The van der Waals surface area contributed by atoms with E-state index in [2.05, 4.69) is 19.8 Å². The van der Waals surface area contributed by atoms with Crippen molar-refractivity contribution in [2.75, 3.05) is 69.8 Å². The molecule has 3 heterocycles. The molecule has 134 valence electrons. The first-order valence-corrected chi connectivity index (χ1v) is 8.76. The first-order chi connectivity index (χ1) is 11.5. The highest BCUT2D eigenvalue weighted by molar-refractivity contribution is 5.45. The van der Waals surface area contributed by atoms with Crippen molar-refractivity contribution in [2.45, 2.75) is 25.4 Å². The van der Waals surface area contributed by atoms with Crippen LogP contribution in [0.2, 0.25) is 0 Å². The Labute approximate surface area is 144 Å². The zero-order valence-corrected chi connectivity index (χ0v) is 15.0. The first-order valence-electron chi connectivity index (χ1n) is 8.76. The number of nitrogens with zero attached hydrogens (tertiary/aromatic N) is 5. The summed E-state index contributed by atoms with van der Waals surface area (Å²) in [6.07, 6.45) is 1.47. The van der Waals surface area contributed by atoms with Crippen molar-refractivity contribution in [1.82, 2.24) is 14.9 Å². The number of rotatable bonds is 4. The highest BCUT2D eigenvalue weighted by Gasteiger charge is 2.33. The van der Waals surface area contributed by atoms with Crippen LogP contribution < -0.4 is 9.80 Å². The molecule has 0 saturated carbocycles. The van der Waals surface area contributed by atoms with E-state index in [1.165, 1.54) is 0 Å². The quantitative estimate of drug-likeness (QED) is 0.860. The fourth-order valence-electron chi connectivity index (χ4n) is 3.34. The number of aliphatic hydroxyl groups is 1. The molecule has 0 atom stereocenters. The van der Waals surface area contributed by atoms with Crippen LogP contribution in [0.1, 0.15) is 18.5 Å². The molecule has 0 unspecified atom stereocenters.